The molecule has 18 heavy (non-hydrogen) atoms. The molecule has 0 fully saturated rings. The molecule has 0 atom stereocenters. The Labute approximate surface area is 109 Å². The Balaban J connectivity index is 2.06. The minimum atomic E-state index is 0.696. The zero-order valence-corrected chi connectivity index (χ0v) is 10.9. The van der Waals surface area contributed by atoms with Crippen LogP contribution in [0.5, 0.6) is 5.75 Å². The van der Waals surface area contributed by atoms with Crippen LogP contribution in [0.1, 0.15) is 18.1 Å². The summed E-state index contributed by atoms with van der Waals surface area (Å²) in [6.07, 6.45) is 0. The summed E-state index contributed by atoms with van der Waals surface area (Å²) >= 11 is 0. The van der Waals surface area contributed by atoms with Crippen molar-refractivity contribution in [3.63, 3.8) is 0 Å². The molecule has 1 N–H and O–H groups in total. The summed E-state index contributed by atoms with van der Waals surface area (Å²) in [7, 11) is 0. The maximum absolute atomic E-state index is 5.61. The monoisotopic (exact) mass is 241 g/mol. The highest BCUT2D eigenvalue weighted by Gasteiger charge is 2.01. The number of anilines is 1. The average molecular weight is 241 g/mol. The van der Waals surface area contributed by atoms with E-state index in [0.717, 1.165) is 18.0 Å². The van der Waals surface area contributed by atoms with E-state index >= 15 is 0 Å². The molecule has 0 aromatic heterocycles. The third kappa shape index (κ3) is 3.27. The molecule has 2 aromatic carbocycles. The summed E-state index contributed by atoms with van der Waals surface area (Å²) in [5.74, 6) is 0.958. The van der Waals surface area contributed by atoms with Gasteiger partial charge in [0.2, 0.25) is 0 Å². The van der Waals surface area contributed by atoms with E-state index < -0.39 is 0 Å². The first kappa shape index (κ1) is 12.5. The quantitative estimate of drug-likeness (QED) is 0.854. The van der Waals surface area contributed by atoms with Crippen LogP contribution >= 0.6 is 0 Å². The van der Waals surface area contributed by atoms with E-state index in [9.17, 15) is 0 Å². The largest absolute Gasteiger partial charge is 0.494 e. The number of hydrogen-bond acceptors (Lipinski definition) is 2. The first-order valence-electron chi connectivity index (χ1n) is 6.31. The molecule has 0 aliphatic heterocycles. The fourth-order valence-corrected chi connectivity index (χ4v) is 1.90. The van der Waals surface area contributed by atoms with Crippen LogP contribution in [0.4, 0.5) is 5.69 Å². The van der Waals surface area contributed by atoms with Crippen LogP contribution in [0.15, 0.2) is 48.5 Å². The van der Waals surface area contributed by atoms with Crippen molar-refractivity contribution in [2.75, 3.05) is 11.9 Å². The molecule has 0 bridgehead atoms. The number of ether oxygens (including phenoxy) is 1. The molecule has 0 saturated heterocycles. The summed E-state index contributed by atoms with van der Waals surface area (Å²) in [4.78, 5) is 0. The molecule has 2 heteroatoms. The number of para-hydroxylation sites is 1. The molecule has 0 aliphatic rings. The van der Waals surface area contributed by atoms with Gasteiger partial charge in [-0.1, -0.05) is 30.3 Å². The number of nitrogens with one attached hydrogen (secondary N) is 1. The van der Waals surface area contributed by atoms with Crippen LogP contribution in [0.25, 0.3) is 0 Å². The first-order chi connectivity index (χ1) is 8.79. The third-order valence-electron chi connectivity index (χ3n) is 2.77. The summed E-state index contributed by atoms with van der Waals surface area (Å²) in [5, 5.41) is 3.42. The maximum atomic E-state index is 5.61. The number of hydrogen-bond donors (Lipinski definition) is 1. The minimum Gasteiger partial charge on any atom is -0.494 e. The van der Waals surface area contributed by atoms with Crippen LogP contribution in [-0.2, 0) is 6.54 Å². The van der Waals surface area contributed by atoms with Crippen molar-refractivity contribution in [3.05, 3.63) is 59.7 Å². The summed E-state index contributed by atoms with van der Waals surface area (Å²) < 4.78 is 5.61. The average Bonchev–Trinajstić information content (AvgIpc) is 2.38. The Morgan fingerprint density at radius 2 is 1.89 bits per heavy atom. The summed E-state index contributed by atoms with van der Waals surface area (Å²) in [6.45, 7) is 5.57. The van der Waals surface area contributed by atoms with Crippen LogP contribution in [0.2, 0.25) is 0 Å². The van der Waals surface area contributed by atoms with Crippen molar-refractivity contribution in [2.45, 2.75) is 20.4 Å². The van der Waals surface area contributed by atoms with Gasteiger partial charge in [-0.25, -0.2) is 0 Å². The van der Waals surface area contributed by atoms with Crippen molar-refractivity contribution in [2.24, 2.45) is 0 Å². The number of aryl methyl sites for hydroxylation is 1. The predicted molar refractivity (Wildman–Crippen MR) is 76.1 cm³/mol. The molecule has 0 spiro atoms. The SMILES string of the molecule is CCOc1ccccc1CNc1cccc(C)c1. The van der Waals surface area contributed by atoms with Gasteiger partial charge in [0.25, 0.3) is 0 Å². The highest BCUT2D eigenvalue weighted by atomic mass is 16.5. The first-order valence-corrected chi connectivity index (χ1v) is 6.31. The topological polar surface area (TPSA) is 21.3 Å². The second-order valence-electron chi connectivity index (χ2n) is 4.26. The van der Waals surface area contributed by atoms with Crippen molar-refractivity contribution < 1.29 is 4.74 Å². The van der Waals surface area contributed by atoms with Gasteiger partial charge in [0.1, 0.15) is 5.75 Å². The lowest BCUT2D eigenvalue weighted by Gasteiger charge is -2.12. The molecule has 0 unspecified atom stereocenters. The van der Waals surface area contributed by atoms with Gasteiger partial charge in [-0.3, -0.25) is 0 Å². The Kier molecular flexibility index (Phi) is 4.24. The fourth-order valence-electron chi connectivity index (χ4n) is 1.90. The zero-order chi connectivity index (χ0) is 12.8. The van der Waals surface area contributed by atoms with Crippen molar-refractivity contribution in [3.8, 4) is 5.75 Å². The molecule has 0 radical (unpaired) electrons. The molecular formula is C16H19NO. The lowest BCUT2D eigenvalue weighted by Crippen LogP contribution is -2.03. The molecule has 94 valence electrons. The van der Waals surface area contributed by atoms with Crippen LogP contribution in [-0.4, -0.2) is 6.61 Å². The third-order valence-corrected chi connectivity index (χ3v) is 2.77. The second-order valence-corrected chi connectivity index (χ2v) is 4.26. The Morgan fingerprint density at radius 1 is 1.06 bits per heavy atom. The smallest absolute Gasteiger partial charge is 0.124 e. The van der Waals surface area contributed by atoms with Gasteiger partial charge in [-0.2, -0.15) is 0 Å². The van der Waals surface area contributed by atoms with Gasteiger partial charge in [-0.05, 0) is 37.6 Å². The predicted octanol–water partition coefficient (Wildman–Crippen LogP) is 4.01. The van der Waals surface area contributed by atoms with Gasteiger partial charge in [0.05, 0.1) is 6.61 Å². The van der Waals surface area contributed by atoms with Gasteiger partial charge in [0, 0.05) is 17.8 Å². The van der Waals surface area contributed by atoms with Crippen LogP contribution in [0.3, 0.4) is 0 Å². The molecule has 2 nitrogen and oxygen atoms in total. The molecule has 2 rings (SSSR count). The minimum absolute atomic E-state index is 0.696. The lowest BCUT2D eigenvalue weighted by molar-refractivity contribution is 0.337. The Morgan fingerprint density at radius 3 is 2.67 bits per heavy atom. The van der Waals surface area contributed by atoms with Gasteiger partial charge in [-0.15, -0.1) is 0 Å². The van der Waals surface area contributed by atoms with Crippen molar-refractivity contribution >= 4 is 5.69 Å². The standard InChI is InChI=1S/C16H19NO/c1-3-18-16-10-5-4-8-14(16)12-17-15-9-6-7-13(2)11-15/h4-11,17H,3,12H2,1-2H3. The van der Waals surface area contributed by atoms with Crippen LogP contribution in [0, 0.1) is 6.92 Å². The summed E-state index contributed by atoms with van der Waals surface area (Å²) in [5.41, 5.74) is 3.58. The molecule has 2 aromatic rings. The van der Waals surface area contributed by atoms with Gasteiger partial charge < -0.3 is 10.1 Å². The highest BCUT2D eigenvalue weighted by Crippen LogP contribution is 2.19. The van der Waals surface area contributed by atoms with Crippen LogP contribution < -0.4 is 10.1 Å². The molecule has 0 saturated carbocycles. The molecule has 0 amide bonds. The van der Waals surface area contributed by atoms with E-state index in [1.165, 1.54) is 11.1 Å². The van der Waals surface area contributed by atoms with E-state index in [4.69, 9.17) is 4.74 Å². The van der Waals surface area contributed by atoms with E-state index in [1.54, 1.807) is 0 Å². The molecular weight excluding hydrogens is 222 g/mol. The highest BCUT2D eigenvalue weighted by molar-refractivity contribution is 5.47. The normalized spacial score (nSPS) is 10.1. The zero-order valence-electron chi connectivity index (χ0n) is 10.9. The van der Waals surface area contributed by atoms with Gasteiger partial charge in [0.15, 0.2) is 0 Å². The van der Waals surface area contributed by atoms with Crippen molar-refractivity contribution in [1.29, 1.82) is 0 Å². The van der Waals surface area contributed by atoms with E-state index in [0.29, 0.717) is 6.61 Å². The van der Waals surface area contributed by atoms with E-state index in [2.05, 4.69) is 42.6 Å². The summed E-state index contributed by atoms with van der Waals surface area (Å²) in [6, 6.07) is 16.5. The number of benzene rings is 2. The lowest BCUT2D eigenvalue weighted by atomic mass is 10.2. The van der Waals surface area contributed by atoms with E-state index in [1.807, 2.05) is 25.1 Å². The van der Waals surface area contributed by atoms with Gasteiger partial charge >= 0.3 is 0 Å². The van der Waals surface area contributed by atoms with Crippen molar-refractivity contribution in [1.82, 2.24) is 0 Å². The second kappa shape index (κ2) is 6.10. The maximum Gasteiger partial charge on any atom is 0.124 e. The fraction of sp³-hybridized carbons (Fsp3) is 0.250. The number of rotatable bonds is 5. The van der Waals surface area contributed by atoms with E-state index in [-0.39, 0.29) is 0 Å². The Bertz CT molecular complexity index is 508. The Hall–Kier alpha value is -1.96. The molecule has 0 heterocycles. The molecule has 0 aliphatic carbocycles.